The molecule has 0 unspecified atom stereocenters. The van der Waals surface area contributed by atoms with Crippen molar-refractivity contribution in [2.24, 2.45) is 5.92 Å². The van der Waals surface area contributed by atoms with E-state index >= 15 is 0 Å². The van der Waals surface area contributed by atoms with Crippen LogP contribution in [0.4, 0.5) is 0 Å². The number of carbonyl (C=O) groups is 2. The largest absolute Gasteiger partial charge is 0.497 e. The van der Waals surface area contributed by atoms with Gasteiger partial charge in [0.25, 0.3) is 0 Å². The summed E-state index contributed by atoms with van der Waals surface area (Å²) in [6, 6.07) is 15.4. The molecule has 3 aromatic carbocycles. The highest BCUT2D eigenvalue weighted by Gasteiger charge is 2.21. The van der Waals surface area contributed by atoms with Crippen molar-refractivity contribution in [3.05, 3.63) is 70.8 Å². The number of aliphatic hydroxyl groups is 1. The summed E-state index contributed by atoms with van der Waals surface area (Å²) in [6.45, 7) is 8.03. The number of hydrogen-bond acceptors (Lipinski definition) is 7. The van der Waals surface area contributed by atoms with E-state index in [1.165, 1.54) is 0 Å². The molecule has 40 heavy (non-hydrogen) atoms. The molecular weight excluding hydrogens is 510 g/mol. The van der Waals surface area contributed by atoms with Crippen LogP contribution in [0.15, 0.2) is 48.5 Å². The maximum Gasteiger partial charge on any atom is 0.314 e. The number of esters is 1. The van der Waals surface area contributed by atoms with Crippen molar-refractivity contribution in [2.45, 2.75) is 78.6 Å². The summed E-state index contributed by atoms with van der Waals surface area (Å²) in [5, 5.41) is 21.9. The van der Waals surface area contributed by atoms with E-state index in [1.807, 2.05) is 70.2 Å². The van der Waals surface area contributed by atoms with Crippen LogP contribution in [0.1, 0.15) is 61.8 Å². The normalized spacial score (nSPS) is 13.5. The molecule has 3 rings (SSSR count). The third-order valence-electron chi connectivity index (χ3n) is 7.24. The van der Waals surface area contributed by atoms with Crippen molar-refractivity contribution in [3.8, 4) is 11.5 Å². The number of hydrogen-bond donors (Lipinski definition) is 3. The Morgan fingerprint density at radius 3 is 2.42 bits per heavy atom. The zero-order chi connectivity index (χ0) is 29.2. The number of amides is 1. The second-order valence-corrected chi connectivity index (χ2v) is 10.4. The molecule has 8 heteroatoms. The van der Waals surface area contributed by atoms with E-state index in [2.05, 4.69) is 6.07 Å². The van der Waals surface area contributed by atoms with Gasteiger partial charge in [0.1, 0.15) is 11.5 Å². The van der Waals surface area contributed by atoms with Crippen molar-refractivity contribution in [3.63, 3.8) is 0 Å². The van der Waals surface area contributed by atoms with Crippen LogP contribution in [0.3, 0.4) is 0 Å². The van der Waals surface area contributed by atoms with Gasteiger partial charge in [-0.2, -0.15) is 0 Å². The summed E-state index contributed by atoms with van der Waals surface area (Å²) in [6.07, 6.45) is 0.394. The lowest BCUT2D eigenvalue weighted by molar-refractivity contribution is -0.138. The minimum Gasteiger partial charge on any atom is -0.497 e. The van der Waals surface area contributed by atoms with Crippen LogP contribution in [0.2, 0.25) is 0 Å². The number of aliphatic hydroxyl groups excluding tert-OH is 1. The maximum atomic E-state index is 12.7. The molecule has 0 aliphatic rings. The van der Waals surface area contributed by atoms with Crippen LogP contribution in [-0.2, 0) is 27.4 Å². The molecule has 0 aliphatic heterocycles. The molecule has 3 atom stereocenters. The average Bonchev–Trinajstić information content (AvgIpc) is 2.95. The molecule has 3 N–H and O–H groups in total. The molecule has 0 saturated carbocycles. The number of nitrogens with one attached hydrogen (secondary N) is 1. The van der Waals surface area contributed by atoms with Gasteiger partial charge in [-0.25, -0.2) is 5.48 Å². The third-order valence-corrected chi connectivity index (χ3v) is 7.24. The number of aryl methyl sites for hydroxylation is 3. The van der Waals surface area contributed by atoms with Gasteiger partial charge in [-0.1, -0.05) is 44.2 Å². The predicted molar refractivity (Wildman–Crippen MR) is 154 cm³/mol. The highest BCUT2D eigenvalue weighted by Crippen LogP contribution is 2.34. The Kier molecular flexibility index (Phi) is 11.5. The minimum absolute atomic E-state index is 0.0913. The van der Waals surface area contributed by atoms with Gasteiger partial charge in [-0.05, 0) is 78.9 Å². The fourth-order valence-electron chi connectivity index (χ4n) is 4.66. The van der Waals surface area contributed by atoms with Crippen LogP contribution in [-0.4, -0.2) is 41.5 Å². The molecule has 0 saturated heterocycles. The summed E-state index contributed by atoms with van der Waals surface area (Å²) < 4.78 is 17.0. The Bertz CT molecular complexity index is 1290. The van der Waals surface area contributed by atoms with Gasteiger partial charge in [0.15, 0.2) is 0 Å². The number of fused-ring (bicyclic) bond motifs is 1. The lowest BCUT2D eigenvalue weighted by atomic mass is 9.92. The molecule has 0 fully saturated rings. The Labute approximate surface area is 236 Å². The zero-order valence-electron chi connectivity index (χ0n) is 24.0. The lowest BCUT2D eigenvalue weighted by Crippen LogP contribution is -2.29. The van der Waals surface area contributed by atoms with Gasteiger partial charge >= 0.3 is 5.97 Å². The van der Waals surface area contributed by atoms with Gasteiger partial charge < -0.3 is 19.3 Å². The van der Waals surface area contributed by atoms with Gasteiger partial charge in [-0.3, -0.25) is 14.8 Å². The highest BCUT2D eigenvalue weighted by molar-refractivity contribution is 5.94. The van der Waals surface area contributed by atoms with Crippen LogP contribution >= 0.6 is 0 Å². The van der Waals surface area contributed by atoms with Crippen molar-refractivity contribution in [2.75, 3.05) is 7.11 Å². The monoisotopic (exact) mass is 551 g/mol. The summed E-state index contributed by atoms with van der Waals surface area (Å²) >= 11 is 0. The second kappa shape index (κ2) is 14.8. The first-order chi connectivity index (χ1) is 19.1. The summed E-state index contributed by atoms with van der Waals surface area (Å²) in [7, 11) is 1.59. The Balaban J connectivity index is 1.75. The smallest absolute Gasteiger partial charge is 0.314 e. The number of methoxy groups -OCH3 is 1. The number of ether oxygens (including phenoxy) is 3. The zero-order valence-corrected chi connectivity index (χ0v) is 24.0. The molecule has 216 valence electrons. The van der Waals surface area contributed by atoms with Crippen molar-refractivity contribution < 1.29 is 34.1 Å². The molecule has 0 aromatic heterocycles. The molecule has 0 radical (unpaired) electrons. The van der Waals surface area contributed by atoms with E-state index in [9.17, 15) is 14.7 Å². The van der Waals surface area contributed by atoms with E-state index < -0.39 is 18.1 Å². The minimum atomic E-state index is -0.765. The third kappa shape index (κ3) is 8.52. The number of hydroxylamine groups is 1. The lowest BCUT2D eigenvalue weighted by Gasteiger charge is -2.21. The van der Waals surface area contributed by atoms with Crippen LogP contribution in [0, 0.1) is 19.8 Å². The fraction of sp³-hybridized carbons (Fsp3) is 0.438. The first kappa shape index (κ1) is 31.1. The summed E-state index contributed by atoms with van der Waals surface area (Å²) in [4.78, 5) is 24.6. The Morgan fingerprint density at radius 2 is 1.77 bits per heavy atom. The first-order valence-corrected chi connectivity index (χ1v) is 13.7. The van der Waals surface area contributed by atoms with Crippen LogP contribution in [0.5, 0.6) is 11.5 Å². The van der Waals surface area contributed by atoms with E-state index in [0.717, 1.165) is 38.8 Å². The van der Waals surface area contributed by atoms with Crippen molar-refractivity contribution in [1.82, 2.24) is 5.48 Å². The van der Waals surface area contributed by atoms with Gasteiger partial charge in [0.2, 0.25) is 5.91 Å². The molecule has 1 amide bonds. The second-order valence-electron chi connectivity index (χ2n) is 10.4. The molecule has 0 heterocycles. The van der Waals surface area contributed by atoms with E-state index in [1.54, 1.807) is 12.6 Å². The van der Waals surface area contributed by atoms with E-state index in [-0.39, 0.29) is 31.3 Å². The Morgan fingerprint density at radius 1 is 1.05 bits per heavy atom. The van der Waals surface area contributed by atoms with Gasteiger partial charge in [0, 0.05) is 11.8 Å². The first-order valence-electron chi connectivity index (χ1n) is 13.7. The van der Waals surface area contributed by atoms with Gasteiger partial charge in [-0.15, -0.1) is 0 Å². The average molecular weight is 552 g/mol. The number of rotatable bonds is 14. The Hall–Kier alpha value is -3.46. The molecule has 0 aliphatic carbocycles. The van der Waals surface area contributed by atoms with Crippen molar-refractivity contribution in [1.29, 1.82) is 0 Å². The highest BCUT2D eigenvalue weighted by atomic mass is 16.5. The topological polar surface area (TPSA) is 114 Å². The molecule has 0 bridgehead atoms. The van der Waals surface area contributed by atoms with E-state index in [4.69, 9.17) is 19.4 Å². The van der Waals surface area contributed by atoms with Crippen LogP contribution in [0.25, 0.3) is 10.8 Å². The SMILES string of the molecule is CC[C@H](C)C(=O)Oc1cc(C)cc2ccc(C)c(CC[C@@H](O)C[C@H](CC(=O)NO)OCc3ccc(OC)cc3)c12. The summed E-state index contributed by atoms with van der Waals surface area (Å²) in [5.74, 6) is 0.207. The van der Waals surface area contributed by atoms with Crippen LogP contribution < -0.4 is 15.0 Å². The molecule has 3 aromatic rings. The number of benzene rings is 3. The standard InChI is InChI=1S/C32H41NO7/c1-6-21(3)32(36)40-29-16-20(2)15-24-10-7-22(4)28(31(24)29)14-11-25(34)17-27(18-30(35)33-37)39-19-23-8-12-26(38-5)13-9-23/h7-10,12-13,15-16,21,25,27,34,37H,6,11,14,17-19H2,1-5H3,(H,33,35)/t21-,25+,27+/m0/s1. The molecular formula is C32H41NO7. The van der Waals surface area contributed by atoms with E-state index in [0.29, 0.717) is 25.0 Å². The molecule has 0 spiro atoms. The van der Waals surface area contributed by atoms with Crippen molar-refractivity contribution >= 4 is 22.6 Å². The predicted octanol–water partition coefficient (Wildman–Crippen LogP) is 5.58. The quantitative estimate of drug-likeness (QED) is 0.104. The molecule has 8 nitrogen and oxygen atoms in total. The van der Waals surface area contributed by atoms with Gasteiger partial charge in [0.05, 0.1) is 38.3 Å². The summed E-state index contributed by atoms with van der Waals surface area (Å²) in [5.41, 5.74) is 5.58. The number of carbonyl (C=O) groups excluding carboxylic acids is 2. The fourth-order valence-corrected chi connectivity index (χ4v) is 4.66. The maximum absolute atomic E-state index is 12.7.